The second-order valence-corrected chi connectivity index (χ2v) is 3.97. The molecule has 0 unspecified atom stereocenters. The Morgan fingerprint density at radius 3 is 2.50 bits per heavy atom. The van der Waals surface area contributed by atoms with Crippen LogP contribution in [-0.2, 0) is 6.42 Å². The molecule has 0 N–H and O–H groups in total. The summed E-state index contributed by atoms with van der Waals surface area (Å²) in [5.74, 6) is 0. The Hall–Kier alpha value is -1.44. The van der Waals surface area contributed by atoms with Gasteiger partial charge in [0.05, 0.1) is 0 Å². The van der Waals surface area contributed by atoms with Crippen LogP contribution in [0, 0.1) is 0 Å². The molecule has 0 heterocycles. The third kappa shape index (κ3) is 3.30. The summed E-state index contributed by atoms with van der Waals surface area (Å²) >= 11 is 0. The van der Waals surface area contributed by atoms with Crippen LogP contribution in [0.2, 0.25) is 0 Å². The predicted molar refractivity (Wildman–Crippen MR) is 65.1 cm³/mol. The van der Waals surface area contributed by atoms with E-state index in [1.807, 2.05) is 12.1 Å². The summed E-state index contributed by atoms with van der Waals surface area (Å²) in [5.41, 5.74) is 2.06. The highest BCUT2D eigenvalue weighted by molar-refractivity contribution is 5.91. The van der Waals surface area contributed by atoms with E-state index in [2.05, 4.69) is 6.92 Å². The van der Waals surface area contributed by atoms with Gasteiger partial charge in [-0.25, -0.2) is 0 Å². The van der Waals surface area contributed by atoms with Crippen molar-refractivity contribution in [2.45, 2.75) is 39.0 Å². The van der Waals surface area contributed by atoms with Gasteiger partial charge in [0, 0.05) is 11.1 Å². The third-order valence-corrected chi connectivity index (χ3v) is 2.77. The molecule has 0 aliphatic carbocycles. The van der Waals surface area contributed by atoms with E-state index in [0.717, 1.165) is 31.0 Å². The fourth-order valence-corrected chi connectivity index (χ4v) is 1.84. The zero-order chi connectivity index (χ0) is 11.8. The monoisotopic (exact) mass is 218 g/mol. The van der Waals surface area contributed by atoms with Crippen molar-refractivity contribution in [2.75, 3.05) is 0 Å². The molecule has 0 radical (unpaired) electrons. The molecule has 0 atom stereocenters. The van der Waals surface area contributed by atoms with Crippen LogP contribution in [0.25, 0.3) is 0 Å². The molecule has 0 amide bonds. The maximum absolute atomic E-state index is 10.9. The number of unbranched alkanes of at least 4 members (excludes halogenated alkanes) is 3. The molecule has 0 aliphatic rings. The molecular formula is C14H18O2. The summed E-state index contributed by atoms with van der Waals surface area (Å²) in [5, 5.41) is 0. The minimum absolute atomic E-state index is 0.503. The molecule has 0 spiro atoms. The van der Waals surface area contributed by atoms with Gasteiger partial charge in [0.2, 0.25) is 0 Å². The van der Waals surface area contributed by atoms with Crippen LogP contribution in [-0.4, -0.2) is 12.6 Å². The lowest BCUT2D eigenvalue weighted by atomic mass is 9.98. The summed E-state index contributed by atoms with van der Waals surface area (Å²) in [6.45, 7) is 2.17. The Bertz CT molecular complexity index is 356. The average molecular weight is 218 g/mol. The van der Waals surface area contributed by atoms with Gasteiger partial charge in [0.25, 0.3) is 0 Å². The zero-order valence-electron chi connectivity index (χ0n) is 9.74. The molecule has 0 fully saturated rings. The van der Waals surface area contributed by atoms with Crippen LogP contribution >= 0.6 is 0 Å². The third-order valence-electron chi connectivity index (χ3n) is 2.77. The highest BCUT2D eigenvalue weighted by Crippen LogP contribution is 2.15. The second-order valence-electron chi connectivity index (χ2n) is 3.97. The second kappa shape index (κ2) is 6.94. The Morgan fingerprint density at radius 1 is 1.06 bits per heavy atom. The Labute approximate surface area is 96.7 Å². The fraction of sp³-hybridized carbons (Fsp3) is 0.429. The van der Waals surface area contributed by atoms with Gasteiger partial charge in [-0.15, -0.1) is 0 Å². The van der Waals surface area contributed by atoms with Crippen LogP contribution in [0.15, 0.2) is 18.2 Å². The Morgan fingerprint density at radius 2 is 1.88 bits per heavy atom. The number of aldehydes is 2. The van der Waals surface area contributed by atoms with E-state index >= 15 is 0 Å². The van der Waals surface area contributed by atoms with Gasteiger partial charge in [-0.05, 0) is 18.4 Å². The van der Waals surface area contributed by atoms with Crippen LogP contribution < -0.4 is 0 Å². The van der Waals surface area contributed by atoms with E-state index in [1.165, 1.54) is 19.3 Å². The van der Waals surface area contributed by atoms with Gasteiger partial charge in [-0.3, -0.25) is 9.59 Å². The van der Waals surface area contributed by atoms with Gasteiger partial charge in [-0.1, -0.05) is 44.4 Å². The molecule has 0 aromatic heterocycles. The molecule has 0 saturated carbocycles. The van der Waals surface area contributed by atoms with Gasteiger partial charge in [0.1, 0.15) is 0 Å². The molecule has 0 aliphatic heterocycles. The van der Waals surface area contributed by atoms with Gasteiger partial charge in [-0.2, -0.15) is 0 Å². The molecule has 1 aromatic rings. The predicted octanol–water partition coefficient (Wildman–Crippen LogP) is 3.43. The SMILES string of the molecule is CCCCCCc1cccc(C=O)c1C=O. The Balaban J connectivity index is 2.71. The van der Waals surface area contributed by atoms with Crippen molar-refractivity contribution < 1.29 is 9.59 Å². The first-order chi connectivity index (χ1) is 7.83. The molecular weight excluding hydrogens is 200 g/mol. The number of hydrogen-bond donors (Lipinski definition) is 0. The van der Waals surface area contributed by atoms with Crippen molar-refractivity contribution in [1.82, 2.24) is 0 Å². The lowest BCUT2D eigenvalue weighted by Crippen LogP contribution is -1.98. The van der Waals surface area contributed by atoms with Crippen LogP contribution in [0.4, 0.5) is 0 Å². The number of carbonyl (C=O) groups excluding carboxylic acids is 2. The van der Waals surface area contributed by atoms with E-state index in [-0.39, 0.29) is 0 Å². The largest absolute Gasteiger partial charge is 0.298 e. The van der Waals surface area contributed by atoms with Gasteiger partial charge in [0.15, 0.2) is 12.6 Å². The standard InChI is InChI=1S/C14H18O2/c1-2-3-4-5-7-12-8-6-9-13(10-15)14(12)11-16/h6,8-11H,2-5,7H2,1H3. The smallest absolute Gasteiger partial charge is 0.151 e. The number of aryl methyl sites for hydroxylation is 1. The molecule has 1 aromatic carbocycles. The normalized spacial score (nSPS) is 10.1. The van der Waals surface area contributed by atoms with Crippen molar-refractivity contribution in [1.29, 1.82) is 0 Å². The quantitative estimate of drug-likeness (QED) is 0.519. The van der Waals surface area contributed by atoms with Crippen LogP contribution in [0.5, 0.6) is 0 Å². The van der Waals surface area contributed by atoms with E-state index in [9.17, 15) is 9.59 Å². The van der Waals surface area contributed by atoms with Crippen molar-refractivity contribution in [2.24, 2.45) is 0 Å². The summed E-state index contributed by atoms with van der Waals surface area (Å²) < 4.78 is 0. The maximum Gasteiger partial charge on any atom is 0.151 e. The number of rotatable bonds is 7. The summed E-state index contributed by atoms with van der Waals surface area (Å²) in [7, 11) is 0. The number of hydrogen-bond acceptors (Lipinski definition) is 2. The topological polar surface area (TPSA) is 34.1 Å². The van der Waals surface area contributed by atoms with Crippen LogP contribution in [0.3, 0.4) is 0 Å². The highest BCUT2D eigenvalue weighted by atomic mass is 16.1. The minimum atomic E-state index is 0.503. The lowest BCUT2D eigenvalue weighted by Gasteiger charge is -2.06. The van der Waals surface area contributed by atoms with E-state index in [4.69, 9.17) is 0 Å². The molecule has 2 heteroatoms. The van der Waals surface area contributed by atoms with Crippen molar-refractivity contribution in [3.05, 3.63) is 34.9 Å². The van der Waals surface area contributed by atoms with Crippen molar-refractivity contribution in [3.63, 3.8) is 0 Å². The maximum atomic E-state index is 10.9. The van der Waals surface area contributed by atoms with E-state index < -0.39 is 0 Å². The van der Waals surface area contributed by atoms with Crippen molar-refractivity contribution >= 4 is 12.6 Å². The molecule has 16 heavy (non-hydrogen) atoms. The molecule has 0 saturated heterocycles. The highest BCUT2D eigenvalue weighted by Gasteiger charge is 2.06. The van der Waals surface area contributed by atoms with Crippen LogP contribution in [0.1, 0.15) is 58.9 Å². The molecule has 86 valence electrons. The zero-order valence-corrected chi connectivity index (χ0v) is 9.74. The molecule has 2 nitrogen and oxygen atoms in total. The average Bonchev–Trinajstić information content (AvgIpc) is 2.34. The Kier molecular flexibility index (Phi) is 5.48. The first-order valence-corrected chi connectivity index (χ1v) is 5.85. The van der Waals surface area contributed by atoms with Crippen molar-refractivity contribution in [3.8, 4) is 0 Å². The van der Waals surface area contributed by atoms with E-state index in [0.29, 0.717) is 11.1 Å². The first-order valence-electron chi connectivity index (χ1n) is 5.85. The van der Waals surface area contributed by atoms with Gasteiger partial charge < -0.3 is 0 Å². The van der Waals surface area contributed by atoms with Gasteiger partial charge >= 0.3 is 0 Å². The molecule has 1 rings (SSSR count). The number of benzene rings is 1. The first kappa shape index (κ1) is 12.6. The van der Waals surface area contributed by atoms with E-state index in [1.54, 1.807) is 6.07 Å². The summed E-state index contributed by atoms with van der Waals surface area (Å²) in [6, 6.07) is 5.46. The lowest BCUT2D eigenvalue weighted by molar-refractivity contribution is 0.109. The summed E-state index contributed by atoms with van der Waals surface area (Å²) in [4.78, 5) is 21.7. The molecule has 0 bridgehead atoms. The fourth-order valence-electron chi connectivity index (χ4n) is 1.84. The number of carbonyl (C=O) groups is 2. The minimum Gasteiger partial charge on any atom is -0.298 e. The summed E-state index contributed by atoms with van der Waals surface area (Å²) in [6.07, 6.45) is 7.11.